The van der Waals surface area contributed by atoms with Gasteiger partial charge in [0.2, 0.25) is 5.91 Å². The molecule has 0 spiro atoms. The Kier molecular flexibility index (Phi) is 4.26. The van der Waals surface area contributed by atoms with Gasteiger partial charge in [0.15, 0.2) is 0 Å². The Bertz CT molecular complexity index is 929. The summed E-state index contributed by atoms with van der Waals surface area (Å²) in [5, 5.41) is 7.73. The normalized spacial score (nSPS) is 11.5. The fourth-order valence-corrected chi connectivity index (χ4v) is 2.38. The van der Waals surface area contributed by atoms with E-state index in [0.717, 1.165) is 18.2 Å². The second kappa shape index (κ2) is 6.39. The standard InChI is InChI=1S/C17H13F3N4O/c1-2-16(25)22-10-14-13-9-21-8-7-15(13)24(23-14)12-5-3-11(4-6-12)17(18,19)20/h2-9H,1,10H2,(H,22,25). The number of fused-ring (bicyclic) bond motifs is 1. The molecule has 2 aromatic heterocycles. The minimum absolute atomic E-state index is 0.153. The molecule has 25 heavy (non-hydrogen) atoms. The Hall–Kier alpha value is -3.16. The average Bonchev–Trinajstić information content (AvgIpc) is 2.98. The molecule has 0 aliphatic rings. The highest BCUT2D eigenvalue weighted by Gasteiger charge is 2.30. The van der Waals surface area contributed by atoms with Crippen molar-refractivity contribution in [3.8, 4) is 5.69 Å². The van der Waals surface area contributed by atoms with Crippen LogP contribution in [0.4, 0.5) is 13.2 Å². The summed E-state index contributed by atoms with van der Waals surface area (Å²) >= 11 is 0. The van der Waals surface area contributed by atoms with Crippen LogP contribution < -0.4 is 5.32 Å². The highest BCUT2D eigenvalue weighted by atomic mass is 19.4. The predicted octanol–water partition coefficient (Wildman–Crippen LogP) is 3.24. The van der Waals surface area contributed by atoms with Gasteiger partial charge in [-0.15, -0.1) is 0 Å². The third kappa shape index (κ3) is 3.37. The zero-order valence-electron chi connectivity index (χ0n) is 12.9. The largest absolute Gasteiger partial charge is 0.416 e. The minimum atomic E-state index is -4.39. The zero-order valence-corrected chi connectivity index (χ0v) is 12.9. The minimum Gasteiger partial charge on any atom is -0.347 e. The molecule has 128 valence electrons. The summed E-state index contributed by atoms with van der Waals surface area (Å²) in [7, 11) is 0. The van der Waals surface area contributed by atoms with E-state index in [1.165, 1.54) is 16.8 Å². The summed E-state index contributed by atoms with van der Waals surface area (Å²) in [4.78, 5) is 15.4. The van der Waals surface area contributed by atoms with Crippen LogP contribution in [0, 0.1) is 0 Å². The molecular formula is C17H13F3N4O. The van der Waals surface area contributed by atoms with Crippen molar-refractivity contribution in [2.75, 3.05) is 0 Å². The molecule has 0 bridgehead atoms. The van der Waals surface area contributed by atoms with Gasteiger partial charge in [-0.1, -0.05) is 6.58 Å². The van der Waals surface area contributed by atoms with Crippen LogP contribution in [0.15, 0.2) is 55.4 Å². The highest BCUT2D eigenvalue weighted by Crippen LogP contribution is 2.30. The fraction of sp³-hybridized carbons (Fsp3) is 0.118. The van der Waals surface area contributed by atoms with Crippen LogP contribution in [0.25, 0.3) is 16.6 Å². The second-order valence-corrected chi connectivity index (χ2v) is 5.22. The Morgan fingerprint density at radius 2 is 1.96 bits per heavy atom. The van der Waals surface area contributed by atoms with Gasteiger partial charge in [-0.25, -0.2) is 4.68 Å². The lowest BCUT2D eigenvalue weighted by Gasteiger charge is -2.08. The smallest absolute Gasteiger partial charge is 0.347 e. The lowest BCUT2D eigenvalue weighted by atomic mass is 10.2. The third-order valence-corrected chi connectivity index (χ3v) is 3.61. The number of pyridine rings is 1. The van der Waals surface area contributed by atoms with Gasteiger partial charge in [0.05, 0.1) is 29.0 Å². The van der Waals surface area contributed by atoms with Crippen LogP contribution in [-0.2, 0) is 17.5 Å². The van der Waals surface area contributed by atoms with Gasteiger partial charge in [0.1, 0.15) is 0 Å². The van der Waals surface area contributed by atoms with Gasteiger partial charge in [0.25, 0.3) is 0 Å². The van der Waals surface area contributed by atoms with Crippen molar-refractivity contribution in [3.63, 3.8) is 0 Å². The van der Waals surface area contributed by atoms with E-state index in [1.54, 1.807) is 18.5 Å². The maximum atomic E-state index is 12.7. The number of hydrogen-bond donors (Lipinski definition) is 1. The number of benzene rings is 1. The molecule has 1 N–H and O–H groups in total. The van der Waals surface area contributed by atoms with E-state index in [-0.39, 0.29) is 12.5 Å². The van der Waals surface area contributed by atoms with Crippen molar-refractivity contribution < 1.29 is 18.0 Å². The van der Waals surface area contributed by atoms with Crippen LogP contribution in [0.3, 0.4) is 0 Å². The summed E-state index contributed by atoms with van der Waals surface area (Å²) in [6.45, 7) is 3.53. The number of carbonyl (C=O) groups is 1. The van der Waals surface area contributed by atoms with Gasteiger partial charge in [-0.05, 0) is 36.4 Å². The van der Waals surface area contributed by atoms with Crippen LogP contribution in [-0.4, -0.2) is 20.7 Å². The number of nitrogens with one attached hydrogen (secondary N) is 1. The first-order valence-electron chi connectivity index (χ1n) is 7.29. The van der Waals surface area contributed by atoms with Crippen molar-refractivity contribution in [1.82, 2.24) is 20.1 Å². The van der Waals surface area contributed by atoms with Crippen molar-refractivity contribution in [2.24, 2.45) is 0 Å². The van der Waals surface area contributed by atoms with E-state index in [2.05, 4.69) is 22.0 Å². The Balaban J connectivity index is 2.01. The number of carbonyl (C=O) groups excluding carboxylic acids is 1. The van der Waals surface area contributed by atoms with Gasteiger partial charge in [-0.2, -0.15) is 18.3 Å². The van der Waals surface area contributed by atoms with Gasteiger partial charge in [0, 0.05) is 17.8 Å². The second-order valence-electron chi connectivity index (χ2n) is 5.22. The van der Waals surface area contributed by atoms with Gasteiger partial charge < -0.3 is 5.32 Å². The molecule has 0 saturated heterocycles. The molecule has 0 aliphatic carbocycles. The van der Waals surface area contributed by atoms with Crippen LogP contribution in [0.5, 0.6) is 0 Å². The number of alkyl halides is 3. The summed E-state index contributed by atoms with van der Waals surface area (Å²) in [6, 6.07) is 6.41. The lowest BCUT2D eigenvalue weighted by molar-refractivity contribution is -0.137. The number of amides is 1. The maximum Gasteiger partial charge on any atom is 0.416 e. The Labute approximate surface area is 140 Å². The number of aromatic nitrogens is 3. The van der Waals surface area contributed by atoms with E-state index >= 15 is 0 Å². The molecular weight excluding hydrogens is 333 g/mol. The SMILES string of the molecule is C=CC(=O)NCc1nn(-c2ccc(C(F)(F)F)cc2)c2ccncc12. The number of nitrogens with zero attached hydrogens (tertiary/aromatic N) is 3. The van der Waals surface area contributed by atoms with Gasteiger partial charge in [-0.3, -0.25) is 9.78 Å². The molecule has 3 aromatic rings. The van der Waals surface area contributed by atoms with Crippen molar-refractivity contribution >= 4 is 16.8 Å². The summed E-state index contributed by atoms with van der Waals surface area (Å²) in [6.07, 6.45) is -0.0862. The van der Waals surface area contributed by atoms with Crippen LogP contribution >= 0.6 is 0 Å². The molecule has 3 rings (SSSR count). The molecule has 0 unspecified atom stereocenters. The summed E-state index contributed by atoms with van der Waals surface area (Å²) in [5.74, 6) is -0.346. The summed E-state index contributed by atoms with van der Waals surface area (Å²) < 4.78 is 39.6. The van der Waals surface area contributed by atoms with E-state index in [9.17, 15) is 18.0 Å². The first-order chi connectivity index (χ1) is 11.9. The zero-order chi connectivity index (χ0) is 18.0. The third-order valence-electron chi connectivity index (χ3n) is 3.61. The van der Waals surface area contributed by atoms with Crippen LogP contribution in [0.2, 0.25) is 0 Å². The Morgan fingerprint density at radius 3 is 2.60 bits per heavy atom. The quantitative estimate of drug-likeness (QED) is 0.738. The monoisotopic (exact) mass is 346 g/mol. The molecule has 0 saturated carbocycles. The first-order valence-corrected chi connectivity index (χ1v) is 7.29. The van der Waals surface area contributed by atoms with Crippen LogP contribution in [0.1, 0.15) is 11.3 Å². The predicted molar refractivity (Wildman–Crippen MR) is 85.9 cm³/mol. The van der Waals surface area contributed by atoms with Crippen molar-refractivity contribution in [3.05, 3.63) is 66.6 Å². The Morgan fingerprint density at radius 1 is 1.24 bits per heavy atom. The van der Waals surface area contributed by atoms with E-state index in [0.29, 0.717) is 22.3 Å². The number of hydrogen-bond acceptors (Lipinski definition) is 3. The van der Waals surface area contributed by atoms with E-state index in [4.69, 9.17) is 0 Å². The molecule has 2 heterocycles. The van der Waals surface area contributed by atoms with E-state index < -0.39 is 11.7 Å². The fourth-order valence-electron chi connectivity index (χ4n) is 2.38. The molecule has 1 aromatic carbocycles. The molecule has 0 atom stereocenters. The first kappa shape index (κ1) is 16.7. The average molecular weight is 346 g/mol. The summed E-state index contributed by atoms with van der Waals surface area (Å²) in [5.41, 5.74) is 0.981. The molecule has 1 amide bonds. The van der Waals surface area contributed by atoms with Crippen molar-refractivity contribution in [1.29, 1.82) is 0 Å². The highest BCUT2D eigenvalue weighted by molar-refractivity contribution is 5.87. The van der Waals surface area contributed by atoms with E-state index in [1.807, 2.05) is 0 Å². The molecule has 0 aliphatic heterocycles. The maximum absolute atomic E-state index is 12.7. The number of rotatable bonds is 4. The topological polar surface area (TPSA) is 59.8 Å². The molecule has 8 heteroatoms. The molecule has 0 fully saturated rings. The molecule has 5 nitrogen and oxygen atoms in total. The lowest BCUT2D eigenvalue weighted by Crippen LogP contribution is -2.20. The van der Waals surface area contributed by atoms with Gasteiger partial charge >= 0.3 is 6.18 Å². The molecule has 0 radical (unpaired) electrons. The van der Waals surface area contributed by atoms with Crippen molar-refractivity contribution in [2.45, 2.75) is 12.7 Å². The number of halogens is 3.